The Morgan fingerprint density at radius 3 is 2.77 bits per heavy atom. The Kier molecular flexibility index (Phi) is 5.31. The minimum absolute atomic E-state index is 0.0172. The van der Waals surface area contributed by atoms with E-state index in [-0.39, 0.29) is 38.2 Å². The first-order chi connectivity index (χ1) is 14.4. The van der Waals surface area contributed by atoms with Crippen LogP contribution in [0.2, 0.25) is 0 Å². The smallest absolute Gasteiger partial charge is 0.277 e. The predicted octanol–water partition coefficient (Wildman–Crippen LogP) is 3.13. The summed E-state index contributed by atoms with van der Waals surface area (Å²) < 4.78 is 39.0. The number of benzene rings is 1. The monoisotopic (exact) mass is 433 g/mol. The number of hydrogen-bond donors (Lipinski definition) is 2. The molecule has 156 valence electrons. The van der Waals surface area contributed by atoms with Crippen molar-refractivity contribution in [1.82, 2.24) is 15.0 Å². The van der Waals surface area contributed by atoms with Crippen LogP contribution in [0.4, 0.5) is 19.5 Å². The van der Waals surface area contributed by atoms with Crippen LogP contribution in [0.3, 0.4) is 0 Å². The molecule has 0 unspecified atom stereocenters. The third-order valence-corrected chi connectivity index (χ3v) is 5.33. The predicted molar refractivity (Wildman–Crippen MR) is 106 cm³/mol. The largest absolute Gasteiger partial charge is 0.475 e. The van der Waals surface area contributed by atoms with Gasteiger partial charge in [-0.05, 0) is 12.1 Å². The molecule has 1 fully saturated rings. The average Bonchev–Trinajstić information content (AvgIpc) is 3.07. The number of rotatable bonds is 6. The SMILES string of the molecule is CC1(COc2ncncc2NC(=O)c2nc(-c3c(F)cccc3F)sc2N)COC1. The van der Waals surface area contributed by atoms with Gasteiger partial charge in [0.05, 0.1) is 31.6 Å². The van der Waals surface area contributed by atoms with E-state index in [1.165, 1.54) is 18.6 Å². The van der Waals surface area contributed by atoms with Crippen LogP contribution in [0, 0.1) is 17.0 Å². The number of ether oxygens (including phenoxy) is 2. The molecule has 0 aliphatic carbocycles. The number of carbonyl (C=O) groups is 1. The summed E-state index contributed by atoms with van der Waals surface area (Å²) in [6.45, 7) is 3.51. The van der Waals surface area contributed by atoms with Gasteiger partial charge in [-0.1, -0.05) is 24.3 Å². The van der Waals surface area contributed by atoms with Gasteiger partial charge in [0.25, 0.3) is 5.91 Å². The number of halogens is 2. The van der Waals surface area contributed by atoms with E-state index >= 15 is 0 Å². The Bertz CT molecular complexity index is 1080. The van der Waals surface area contributed by atoms with E-state index in [0.717, 1.165) is 23.5 Å². The van der Waals surface area contributed by atoms with Gasteiger partial charge >= 0.3 is 0 Å². The van der Waals surface area contributed by atoms with Gasteiger partial charge in [0.15, 0.2) is 5.69 Å². The summed E-state index contributed by atoms with van der Waals surface area (Å²) in [4.78, 5) is 24.7. The maximum Gasteiger partial charge on any atom is 0.277 e. The van der Waals surface area contributed by atoms with Crippen molar-refractivity contribution < 1.29 is 23.0 Å². The quantitative estimate of drug-likeness (QED) is 0.614. The number of anilines is 2. The van der Waals surface area contributed by atoms with Crippen molar-refractivity contribution in [1.29, 1.82) is 0 Å². The van der Waals surface area contributed by atoms with Gasteiger partial charge in [0.2, 0.25) is 5.88 Å². The van der Waals surface area contributed by atoms with E-state index in [4.69, 9.17) is 15.2 Å². The fourth-order valence-corrected chi connectivity index (χ4v) is 3.66. The summed E-state index contributed by atoms with van der Waals surface area (Å²) in [5, 5.41) is 2.57. The van der Waals surface area contributed by atoms with E-state index in [0.29, 0.717) is 19.8 Å². The minimum atomic E-state index is -0.795. The molecule has 8 nitrogen and oxygen atoms in total. The zero-order chi connectivity index (χ0) is 21.3. The summed E-state index contributed by atoms with van der Waals surface area (Å²) in [7, 11) is 0. The molecule has 1 saturated heterocycles. The van der Waals surface area contributed by atoms with Crippen molar-refractivity contribution in [3.63, 3.8) is 0 Å². The third-order valence-electron chi connectivity index (χ3n) is 4.43. The first-order valence-corrected chi connectivity index (χ1v) is 9.70. The van der Waals surface area contributed by atoms with Crippen LogP contribution in [0.5, 0.6) is 5.88 Å². The van der Waals surface area contributed by atoms with Crippen molar-refractivity contribution in [2.75, 3.05) is 30.9 Å². The van der Waals surface area contributed by atoms with Gasteiger partial charge in [-0.25, -0.2) is 18.7 Å². The molecule has 11 heteroatoms. The second-order valence-corrected chi connectivity index (χ2v) is 8.15. The number of nitrogen functional groups attached to an aromatic ring is 1. The van der Waals surface area contributed by atoms with E-state index in [9.17, 15) is 13.6 Å². The van der Waals surface area contributed by atoms with Crippen molar-refractivity contribution in [2.24, 2.45) is 5.41 Å². The summed E-state index contributed by atoms with van der Waals surface area (Å²) in [6.07, 6.45) is 2.67. The molecule has 3 aromatic rings. The standard InChI is InChI=1S/C19H17F2N5O3S/c1-19(6-28-7-19)8-29-17-12(5-23-9-24-17)25-16(27)14-15(22)30-18(26-14)13-10(20)3-2-4-11(13)21/h2-5,9H,6-8,22H2,1H3,(H,25,27). The summed E-state index contributed by atoms with van der Waals surface area (Å²) >= 11 is 0.813. The van der Waals surface area contributed by atoms with E-state index in [1.54, 1.807) is 0 Å². The molecule has 1 amide bonds. The maximum absolute atomic E-state index is 14.0. The van der Waals surface area contributed by atoms with E-state index < -0.39 is 17.5 Å². The minimum Gasteiger partial charge on any atom is -0.475 e. The Hall–Kier alpha value is -3.18. The third kappa shape index (κ3) is 3.94. The second kappa shape index (κ2) is 7.92. The highest BCUT2D eigenvalue weighted by Crippen LogP contribution is 2.34. The lowest BCUT2D eigenvalue weighted by Crippen LogP contribution is -2.44. The Morgan fingerprint density at radius 1 is 1.37 bits per heavy atom. The molecular weight excluding hydrogens is 416 g/mol. The zero-order valence-corrected chi connectivity index (χ0v) is 16.6. The molecule has 3 heterocycles. The molecule has 0 saturated carbocycles. The molecule has 2 aromatic heterocycles. The normalized spacial score (nSPS) is 14.8. The van der Waals surface area contributed by atoms with Crippen molar-refractivity contribution in [2.45, 2.75) is 6.92 Å². The van der Waals surface area contributed by atoms with Gasteiger partial charge in [-0.15, -0.1) is 0 Å². The molecular formula is C19H17F2N5O3S. The van der Waals surface area contributed by atoms with E-state index in [1.807, 2.05) is 6.92 Å². The van der Waals surface area contributed by atoms with Crippen molar-refractivity contribution in [3.8, 4) is 16.5 Å². The number of aromatic nitrogens is 3. The number of nitrogens with zero attached hydrogens (tertiary/aromatic N) is 3. The Morgan fingerprint density at radius 2 is 2.10 bits per heavy atom. The number of nitrogens with two attached hydrogens (primary N) is 1. The first kappa shape index (κ1) is 20.1. The molecule has 0 radical (unpaired) electrons. The van der Waals surface area contributed by atoms with E-state index in [2.05, 4.69) is 20.3 Å². The second-order valence-electron chi connectivity index (χ2n) is 7.12. The number of thiazole rings is 1. The lowest BCUT2D eigenvalue weighted by atomic mass is 9.90. The molecule has 0 atom stereocenters. The lowest BCUT2D eigenvalue weighted by Gasteiger charge is -2.37. The topological polar surface area (TPSA) is 112 Å². The van der Waals surface area contributed by atoms with Crippen molar-refractivity contribution in [3.05, 3.63) is 48.1 Å². The van der Waals surface area contributed by atoms with Crippen molar-refractivity contribution >= 4 is 27.9 Å². The Labute approximate surface area is 174 Å². The number of nitrogens with one attached hydrogen (secondary N) is 1. The first-order valence-electron chi connectivity index (χ1n) is 8.89. The van der Waals surface area contributed by atoms with Gasteiger partial charge in [0, 0.05) is 5.41 Å². The molecule has 0 bridgehead atoms. The summed E-state index contributed by atoms with van der Waals surface area (Å²) in [5.41, 5.74) is 5.49. The highest BCUT2D eigenvalue weighted by Gasteiger charge is 2.34. The van der Waals surface area contributed by atoms with Gasteiger partial charge in [0.1, 0.15) is 33.7 Å². The molecule has 1 aromatic carbocycles. The molecule has 3 N–H and O–H groups in total. The van der Waals surface area contributed by atoms with Gasteiger partial charge in [-0.2, -0.15) is 4.98 Å². The number of amides is 1. The highest BCUT2D eigenvalue weighted by molar-refractivity contribution is 7.19. The highest BCUT2D eigenvalue weighted by atomic mass is 32.1. The van der Waals surface area contributed by atoms with Crippen LogP contribution in [-0.2, 0) is 4.74 Å². The van der Waals surface area contributed by atoms with Crippen LogP contribution in [0.1, 0.15) is 17.4 Å². The van der Waals surface area contributed by atoms with Crippen LogP contribution in [0.15, 0.2) is 30.7 Å². The maximum atomic E-state index is 14.0. The van der Waals surface area contributed by atoms with Crippen LogP contribution >= 0.6 is 11.3 Å². The average molecular weight is 433 g/mol. The molecule has 30 heavy (non-hydrogen) atoms. The molecule has 1 aliphatic rings. The summed E-state index contributed by atoms with van der Waals surface area (Å²) in [6, 6.07) is 3.45. The van der Waals surface area contributed by atoms with Gasteiger partial charge in [-0.3, -0.25) is 4.79 Å². The van der Waals surface area contributed by atoms with Crippen LogP contribution < -0.4 is 15.8 Å². The molecule has 0 spiro atoms. The Balaban J connectivity index is 1.55. The number of hydrogen-bond acceptors (Lipinski definition) is 8. The molecule has 4 rings (SSSR count). The fourth-order valence-electron chi connectivity index (χ4n) is 2.78. The molecule has 1 aliphatic heterocycles. The van der Waals surface area contributed by atoms with Crippen LogP contribution in [-0.4, -0.2) is 40.7 Å². The zero-order valence-electron chi connectivity index (χ0n) is 15.8. The number of carbonyl (C=O) groups excluding carboxylic acids is 1. The van der Waals surface area contributed by atoms with Gasteiger partial charge < -0.3 is 20.5 Å². The summed E-state index contributed by atoms with van der Waals surface area (Å²) in [5.74, 6) is -2.09. The lowest BCUT2D eigenvalue weighted by molar-refractivity contribution is -0.120. The fraction of sp³-hybridized carbons (Fsp3) is 0.263. The van der Waals surface area contributed by atoms with Crippen LogP contribution in [0.25, 0.3) is 10.6 Å².